The molecule has 0 spiro atoms. The Morgan fingerprint density at radius 2 is 2.14 bits per heavy atom. The van der Waals surface area contributed by atoms with Crippen LogP contribution < -0.4 is 5.32 Å². The average molecular weight is 253 g/mol. The zero-order valence-corrected chi connectivity index (χ0v) is 9.21. The van der Waals surface area contributed by atoms with E-state index in [1.807, 2.05) is 37.4 Å². The molecule has 0 aliphatic rings. The van der Waals surface area contributed by atoms with Crippen LogP contribution in [0.1, 0.15) is 0 Å². The van der Waals surface area contributed by atoms with Gasteiger partial charge in [-0.2, -0.15) is 0 Å². The molecule has 14 heavy (non-hydrogen) atoms. The molecule has 0 aromatic carbocycles. The van der Waals surface area contributed by atoms with Crippen molar-refractivity contribution < 1.29 is 4.42 Å². The van der Waals surface area contributed by atoms with E-state index in [9.17, 15) is 0 Å². The lowest BCUT2D eigenvalue weighted by atomic mass is 10.3. The van der Waals surface area contributed by atoms with Crippen LogP contribution in [-0.2, 0) is 0 Å². The second kappa shape index (κ2) is 3.84. The molecular weight excluding hydrogens is 244 g/mol. The van der Waals surface area contributed by atoms with Gasteiger partial charge in [-0.05, 0) is 40.2 Å². The van der Waals surface area contributed by atoms with Gasteiger partial charge in [0.25, 0.3) is 0 Å². The lowest BCUT2D eigenvalue weighted by molar-refractivity contribution is 0.554. The fraction of sp³-hybridized carbons (Fsp3) is 0.100. The van der Waals surface area contributed by atoms with Gasteiger partial charge in [0.05, 0.1) is 0 Å². The number of hydrogen-bond donors (Lipinski definition) is 1. The molecule has 0 saturated carbocycles. The van der Waals surface area contributed by atoms with Gasteiger partial charge in [0, 0.05) is 7.05 Å². The first-order chi connectivity index (χ1) is 6.79. The van der Waals surface area contributed by atoms with E-state index in [1.54, 1.807) is 0 Å². The Balaban J connectivity index is 2.41. The predicted octanol–water partition coefficient (Wildman–Crippen LogP) is 3.15. The van der Waals surface area contributed by atoms with Crippen LogP contribution in [0.5, 0.6) is 0 Å². The van der Waals surface area contributed by atoms with Crippen LogP contribution in [0.15, 0.2) is 39.4 Å². The molecule has 0 aliphatic carbocycles. The summed E-state index contributed by atoms with van der Waals surface area (Å²) in [5.74, 6) is 1.59. The molecule has 72 valence electrons. The molecule has 2 aromatic rings. The largest absolute Gasteiger partial charge is 0.448 e. The minimum atomic E-state index is 0.712. The number of hydrogen-bond acceptors (Lipinski definition) is 3. The Hall–Kier alpha value is -1.29. The summed E-state index contributed by atoms with van der Waals surface area (Å²) in [5, 5.41) is 2.98. The topological polar surface area (TPSA) is 38.1 Å². The Morgan fingerprint density at radius 3 is 2.79 bits per heavy atom. The molecule has 3 nitrogen and oxygen atoms in total. The van der Waals surface area contributed by atoms with E-state index in [-0.39, 0.29) is 0 Å². The lowest BCUT2D eigenvalue weighted by Crippen LogP contribution is -1.92. The van der Waals surface area contributed by atoms with E-state index in [1.165, 1.54) is 0 Å². The van der Waals surface area contributed by atoms with Crippen LogP contribution in [0, 0.1) is 0 Å². The molecule has 0 fully saturated rings. The van der Waals surface area contributed by atoms with Crippen molar-refractivity contribution in [2.45, 2.75) is 0 Å². The second-order valence-corrected chi connectivity index (χ2v) is 3.54. The van der Waals surface area contributed by atoms with Crippen LogP contribution in [0.2, 0.25) is 0 Å². The third-order valence-corrected chi connectivity index (χ3v) is 2.26. The van der Waals surface area contributed by atoms with Crippen molar-refractivity contribution in [1.29, 1.82) is 0 Å². The van der Waals surface area contributed by atoms with Crippen molar-refractivity contribution in [1.82, 2.24) is 4.98 Å². The third kappa shape index (κ3) is 1.80. The minimum absolute atomic E-state index is 0.712. The van der Waals surface area contributed by atoms with Crippen molar-refractivity contribution in [3.8, 4) is 11.5 Å². The van der Waals surface area contributed by atoms with Crippen molar-refractivity contribution in [3.63, 3.8) is 0 Å². The van der Waals surface area contributed by atoms with Crippen molar-refractivity contribution >= 4 is 21.7 Å². The van der Waals surface area contributed by atoms with Gasteiger partial charge in [-0.3, -0.25) is 0 Å². The summed E-state index contributed by atoms with van der Waals surface area (Å²) in [6.45, 7) is 0. The lowest BCUT2D eigenvalue weighted by Gasteiger charge is -2.00. The molecule has 0 bridgehead atoms. The number of furan rings is 1. The van der Waals surface area contributed by atoms with Gasteiger partial charge < -0.3 is 9.73 Å². The molecule has 2 rings (SSSR count). The summed E-state index contributed by atoms with van der Waals surface area (Å²) in [6, 6.07) is 9.48. The van der Waals surface area contributed by atoms with Crippen molar-refractivity contribution in [2.24, 2.45) is 0 Å². The standard InChI is InChI=1S/C10H9BrN2O/c1-12-10-4-2-3-7(13-10)8-5-6-9(11)14-8/h2-6H,1H3,(H,12,13). The highest BCUT2D eigenvalue weighted by Gasteiger charge is 2.04. The summed E-state index contributed by atoms with van der Waals surface area (Å²) in [6.07, 6.45) is 0. The van der Waals surface area contributed by atoms with Gasteiger partial charge in [-0.15, -0.1) is 0 Å². The minimum Gasteiger partial charge on any atom is -0.448 e. The maximum atomic E-state index is 5.40. The Morgan fingerprint density at radius 1 is 1.29 bits per heavy atom. The highest BCUT2D eigenvalue weighted by molar-refractivity contribution is 9.10. The van der Waals surface area contributed by atoms with Gasteiger partial charge in [-0.25, -0.2) is 4.98 Å². The monoisotopic (exact) mass is 252 g/mol. The zero-order valence-electron chi connectivity index (χ0n) is 7.62. The number of anilines is 1. The quantitative estimate of drug-likeness (QED) is 0.893. The molecule has 0 aliphatic heterocycles. The smallest absolute Gasteiger partial charge is 0.169 e. The van der Waals surface area contributed by atoms with E-state index in [4.69, 9.17) is 4.42 Å². The molecule has 0 saturated heterocycles. The summed E-state index contributed by atoms with van der Waals surface area (Å²) < 4.78 is 6.11. The van der Waals surface area contributed by atoms with Crippen LogP contribution in [0.3, 0.4) is 0 Å². The summed E-state index contributed by atoms with van der Waals surface area (Å²) in [4.78, 5) is 4.35. The first-order valence-corrected chi connectivity index (χ1v) is 4.99. The van der Waals surface area contributed by atoms with Gasteiger partial charge in [-0.1, -0.05) is 6.07 Å². The number of pyridine rings is 1. The number of nitrogens with zero attached hydrogens (tertiary/aromatic N) is 1. The third-order valence-electron chi connectivity index (χ3n) is 1.83. The molecule has 0 unspecified atom stereocenters. The van der Waals surface area contributed by atoms with E-state index in [2.05, 4.69) is 26.2 Å². The average Bonchev–Trinajstić information content (AvgIpc) is 2.65. The maximum Gasteiger partial charge on any atom is 0.169 e. The van der Waals surface area contributed by atoms with Crippen LogP contribution in [0.4, 0.5) is 5.82 Å². The Kier molecular flexibility index (Phi) is 2.54. The van der Waals surface area contributed by atoms with Crippen LogP contribution in [-0.4, -0.2) is 12.0 Å². The highest BCUT2D eigenvalue weighted by atomic mass is 79.9. The molecule has 4 heteroatoms. The number of nitrogens with one attached hydrogen (secondary N) is 1. The van der Waals surface area contributed by atoms with Gasteiger partial charge in [0.1, 0.15) is 11.5 Å². The van der Waals surface area contributed by atoms with Crippen LogP contribution in [0.25, 0.3) is 11.5 Å². The van der Waals surface area contributed by atoms with Gasteiger partial charge in [0.15, 0.2) is 10.4 Å². The molecule has 0 amide bonds. The van der Waals surface area contributed by atoms with E-state index < -0.39 is 0 Å². The first-order valence-electron chi connectivity index (χ1n) is 4.20. The molecule has 0 radical (unpaired) electrons. The first kappa shape index (κ1) is 9.27. The fourth-order valence-corrected chi connectivity index (χ4v) is 1.47. The van der Waals surface area contributed by atoms with Crippen molar-refractivity contribution in [3.05, 3.63) is 35.0 Å². The molecule has 0 atom stereocenters. The fourth-order valence-electron chi connectivity index (χ4n) is 1.16. The molecule has 2 aromatic heterocycles. The summed E-state index contributed by atoms with van der Waals surface area (Å²) in [7, 11) is 1.84. The molecular formula is C10H9BrN2O. The Bertz CT molecular complexity index is 439. The highest BCUT2D eigenvalue weighted by Crippen LogP contribution is 2.23. The van der Waals surface area contributed by atoms with Crippen LogP contribution >= 0.6 is 15.9 Å². The summed E-state index contributed by atoms with van der Waals surface area (Å²) >= 11 is 3.25. The van der Waals surface area contributed by atoms with Crippen molar-refractivity contribution in [2.75, 3.05) is 12.4 Å². The maximum absolute atomic E-state index is 5.40. The van der Waals surface area contributed by atoms with E-state index >= 15 is 0 Å². The Labute approximate surface area is 90.3 Å². The number of halogens is 1. The van der Waals surface area contributed by atoms with Gasteiger partial charge >= 0.3 is 0 Å². The summed E-state index contributed by atoms with van der Waals surface area (Å²) in [5.41, 5.74) is 0.822. The van der Waals surface area contributed by atoms with E-state index in [0.717, 1.165) is 17.3 Å². The van der Waals surface area contributed by atoms with Gasteiger partial charge in [0.2, 0.25) is 0 Å². The molecule has 2 heterocycles. The number of aromatic nitrogens is 1. The SMILES string of the molecule is CNc1cccc(-c2ccc(Br)o2)n1. The predicted molar refractivity (Wildman–Crippen MR) is 59.2 cm³/mol. The van der Waals surface area contributed by atoms with E-state index in [0.29, 0.717) is 4.67 Å². The number of rotatable bonds is 2. The second-order valence-electron chi connectivity index (χ2n) is 2.76. The zero-order chi connectivity index (χ0) is 9.97. The molecule has 1 N–H and O–H groups in total. The normalized spacial score (nSPS) is 10.1.